The lowest BCUT2D eigenvalue weighted by molar-refractivity contribution is -0.919. The Morgan fingerprint density at radius 2 is 2.08 bits per heavy atom. The van der Waals surface area contributed by atoms with Crippen LogP contribution in [0.1, 0.15) is 25.7 Å². The predicted octanol–water partition coefficient (Wildman–Crippen LogP) is -0.805. The van der Waals surface area contributed by atoms with E-state index in [1.54, 1.807) is 0 Å². The third-order valence-electron chi connectivity index (χ3n) is 2.95. The first-order chi connectivity index (χ1) is 5.17. The van der Waals surface area contributed by atoms with Gasteiger partial charge >= 0.3 is 0 Å². The van der Waals surface area contributed by atoms with Crippen molar-refractivity contribution in [3.05, 3.63) is 12.7 Å². The van der Waals surface area contributed by atoms with Crippen molar-refractivity contribution < 1.29 is 16.9 Å². The smallest absolute Gasteiger partial charge is 0.0921 e. The lowest BCUT2D eigenvalue weighted by atomic mass is 9.98. The zero-order valence-electron chi connectivity index (χ0n) is 8.22. The molecule has 0 aromatic carbocycles. The first kappa shape index (κ1) is 12.0. The van der Waals surface area contributed by atoms with Crippen molar-refractivity contribution in [2.45, 2.75) is 31.7 Å². The highest BCUT2D eigenvalue weighted by atomic mass is 35.5. The van der Waals surface area contributed by atoms with Gasteiger partial charge in [-0.3, -0.25) is 0 Å². The van der Waals surface area contributed by atoms with E-state index < -0.39 is 0 Å². The largest absolute Gasteiger partial charge is 1.00 e. The summed E-state index contributed by atoms with van der Waals surface area (Å²) in [5.74, 6) is 0. The minimum Gasteiger partial charge on any atom is -1.00 e. The van der Waals surface area contributed by atoms with E-state index in [0.29, 0.717) is 0 Å². The molecule has 1 unspecified atom stereocenters. The number of quaternary nitrogens is 1. The van der Waals surface area contributed by atoms with E-state index in [0.717, 1.165) is 6.04 Å². The molecular weight excluding hydrogens is 170 g/mol. The fraction of sp³-hybridized carbons (Fsp3) is 0.800. The highest BCUT2D eigenvalue weighted by Crippen LogP contribution is 2.23. The van der Waals surface area contributed by atoms with Gasteiger partial charge in [0, 0.05) is 6.42 Å². The third-order valence-corrected chi connectivity index (χ3v) is 2.95. The van der Waals surface area contributed by atoms with Crippen molar-refractivity contribution in [2.75, 3.05) is 20.6 Å². The molecule has 1 saturated heterocycles. The van der Waals surface area contributed by atoms with Gasteiger partial charge in [0.1, 0.15) is 0 Å². The molecule has 0 N–H and O–H groups in total. The van der Waals surface area contributed by atoms with Crippen LogP contribution in [-0.2, 0) is 0 Å². The van der Waals surface area contributed by atoms with Gasteiger partial charge in [0.15, 0.2) is 0 Å². The fourth-order valence-electron chi connectivity index (χ4n) is 2.03. The Morgan fingerprint density at radius 1 is 1.42 bits per heavy atom. The summed E-state index contributed by atoms with van der Waals surface area (Å²) in [4.78, 5) is 0. The number of halogens is 1. The average Bonchev–Trinajstić information content (AvgIpc) is 1.94. The molecule has 0 radical (unpaired) electrons. The molecule has 1 nitrogen and oxygen atoms in total. The van der Waals surface area contributed by atoms with Gasteiger partial charge in [0.2, 0.25) is 0 Å². The van der Waals surface area contributed by atoms with E-state index in [1.165, 1.54) is 36.7 Å². The normalized spacial score (nSPS) is 27.3. The van der Waals surface area contributed by atoms with Crippen molar-refractivity contribution in [3.8, 4) is 0 Å². The Bertz CT molecular complexity index is 143. The molecule has 1 heterocycles. The minimum atomic E-state index is 0. The van der Waals surface area contributed by atoms with Crippen LogP contribution < -0.4 is 12.4 Å². The van der Waals surface area contributed by atoms with Gasteiger partial charge in [-0.15, -0.1) is 6.58 Å². The number of hydrogen-bond acceptors (Lipinski definition) is 0. The Balaban J connectivity index is 0.00000121. The third kappa shape index (κ3) is 2.80. The van der Waals surface area contributed by atoms with Crippen molar-refractivity contribution >= 4 is 0 Å². The topological polar surface area (TPSA) is 0 Å². The summed E-state index contributed by atoms with van der Waals surface area (Å²) in [6, 6.07) is 0.834. The summed E-state index contributed by atoms with van der Waals surface area (Å²) < 4.78 is 1.20. The lowest BCUT2D eigenvalue weighted by Crippen LogP contribution is -3.00. The van der Waals surface area contributed by atoms with Crippen LogP contribution in [0.2, 0.25) is 0 Å². The molecule has 0 bridgehead atoms. The quantitative estimate of drug-likeness (QED) is 0.394. The molecule has 0 aliphatic carbocycles. The Hall–Kier alpha value is -0.0100. The molecular formula is C10H20ClN. The number of hydrogen-bond donors (Lipinski definition) is 0. The van der Waals surface area contributed by atoms with Crippen molar-refractivity contribution in [2.24, 2.45) is 0 Å². The van der Waals surface area contributed by atoms with E-state index in [1.807, 2.05) is 0 Å². The Labute approximate surface area is 82.5 Å². The molecule has 1 aliphatic rings. The maximum absolute atomic E-state index is 3.81. The van der Waals surface area contributed by atoms with Crippen LogP contribution in [0.5, 0.6) is 0 Å². The SMILES string of the molecule is C=CCC1CCCC[N+]1(C)C.[Cl-]. The molecule has 2 heteroatoms. The summed E-state index contributed by atoms with van der Waals surface area (Å²) in [6.07, 6.45) is 7.46. The Morgan fingerprint density at radius 3 is 2.58 bits per heavy atom. The fourth-order valence-corrected chi connectivity index (χ4v) is 2.03. The summed E-state index contributed by atoms with van der Waals surface area (Å²) >= 11 is 0. The summed E-state index contributed by atoms with van der Waals surface area (Å²) in [5.41, 5.74) is 0. The van der Waals surface area contributed by atoms with Crippen LogP contribution in [-0.4, -0.2) is 31.2 Å². The minimum absolute atomic E-state index is 0. The molecule has 72 valence electrons. The molecule has 1 aliphatic heterocycles. The second-order valence-corrected chi connectivity index (χ2v) is 4.18. The van der Waals surface area contributed by atoms with E-state index in [4.69, 9.17) is 0 Å². The lowest BCUT2D eigenvalue weighted by Gasteiger charge is -2.41. The van der Waals surface area contributed by atoms with E-state index in [9.17, 15) is 0 Å². The molecule has 0 aromatic rings. The molecule has 0 amide bonds. The monoisotopic (exact) mass is 189 g/mol. The maximum Gasteiger partial charge on any atom is 0.0921 e. The van der Waals surface area contributed by atoms with E-state index in [2.05, 4.69) is 26.8 Å². The second-order valence-electron chi connectivity index (χ2n) is 4.18. The van der Waals surface area contributed by atoms with Crippen LogP contribution in [0.4, 0.5) is 0 Å². The second kappa shape index (κ2) is 4.88. The van der Waals surface area contributed by atoms with Crippen LogP contribution in [0.15, 0.2) is 12.7 Å². The summed E-state index contributed by atoms with van der Waals surface area (Å²) in [5, 5.41) is 0. The zero-order chi connectivity index (χ0) is 8.32. The molecule has 0 spiro atoms. The molecule has 1 fully saturated rings. The van der Waals surface area contributed by atoms with Gasteiger partial charge in [-0.25, -0.2) is 0 Å². The summed E-state index contributed by atoms with van der Waals surface area (Å²) in [6.45, 7) is 5.16. The molecule has 0 saturated carbocycles. The van der Waals surface area contributed by atoms with Gasteiger partial charge in [0.05, 0.1) is 26.7 Å². The molecule has 1 atom stereocenters. The molecule has 12 heavy (non-hydrogen) atoms. The first-order valence-electron chi connectivity index (χ1n) is 4.60. The van der Waals surface area contributed by atoms with Gasteiger partial charge < -0.3 is 16.9 Å². The molecule has 1 rings (SSSR count). The average molecular weight is 190 g/mol. The highest BCUT2D eigenvalue weighted by molar-refractivity contribution is 4.75. The van der Waals surface area contributed by atoms with E-state index in [-0.39, 0.29) is 12.4 Å². The van der Waals surface area contributed by atoms with Crippen LogP contribution in [0.25, 0.3) is 0 Å². The first-order valence-corrected chi connectivity index (χ1v) is 4.60. The van der Waals surface area contributed by atoms with Gasteiger partial charge in [-0.05, 0) is 19.3 Å². The van der Waals surface area contributed by atoms with Crippen LogP contribution in [0, 0.1) is 0 Å². The van der Waals surface area contributed by atoms with Crippen LogP contribution in [0.3, 0.4) is 0 Å². The number of rotatable bonds is 2. The van der Waals surface area contributed by atoms with Crippen LogP contribution >= 0.6 is 0 Å². The van der Waals surface area contributed by atoms with Gasteiger partial charge in [-0.2, -0.15) is 0 Å². The highest BCUT2D eigenvalue weighted by Gasteiger charge is 2.29. The van der Waals surface area contributed by atoms with Crippen molar-refractivity contribution in [1.29, 1.82) is 0 Å². The summed E-state index contributed by atoms with van der Waals surface area (Å²) in [7, 11) is 4.68. The molecule has 0 aromatic heterocycles. The Kier molecular flexibility index (Phi) is 4.88. The number of piperidine rings is 1. The zero-order valence-corrected chi connectivity index (χ0v) is 8.98. The number of nitrogens with zero attached hydrogens (tertiary/aromatic N) is 1. The standard InChI is InChI=1S/C10H20N.ClH/c1-4-7-10-8-5-6-9-11(10,2)3;/h4,10H,1,5-9H2,2-3H3;1H/q+1;/p-1. The van der Waals surface area contributed by atoms with E-state index >= 15 is 0 Å². The number of likely N-dealkylation sites (tertiary alicyclic amines) is 1. The van der Waals surface area contributed by atoms with Crippen molar-refractivity contribution in [1.82, 2.24) is 0 Å². The van der Waals surface area contributed by atoms with Gasteiger partial charge in [0.25, 0.3) is 0 Å². The van der Waals surface area contributed by atoms with Gasteiger partial charge in [-0.1, -0.05) is 6.08 Å². The maximum atomic E-state index is 3.81. The predicted molar refractivity (Wildman–Crippen MR) is 49.4 cm³/mol. The van der Waals surface area contributed by atoms with Crippen molar-refractivity contribution in [3.63, 3.8) is 0 Å².